The molecule has 0 bridgehead atoms. The number of rotatable bonds is 3. The van der Waals surface area contributed by atoms with Crippen molar-refractivity contribution in [2.24, 2.45) is 0 Å². The summed E-state index contributed by atoms with van der Waals surface area (Å²) >= 11 is 0. The van der Waals surface area contributed by atoms with Crippen LogP contribution < -0.4 is 10.2 Å². The molecule has 1 N–H and O–H groups in total. The highest BCUT2D eigenvalue weighted by Gasteiger charge is 2.21. The number of anilines is 2. The summed E-state index contributed by atoms with van der Waals surface area (Å²) in [6.07, 6.45) is 8.26. The Bertz CT molecular complexity index is 507. The van der Waals surface area contributed by atoms with Crippen LogP contribution in [0.25, 0.3) is 0 Å². The third-order valence-electron chi connectivity index (χ3n) is 4.61. The van der Waals surface area contributed by atoms with Crippen LogP contribution in [-0.2, 0) is 4.79 Å². The molecule has 0 unspecified atom stereocenters. The van der Waals surface area contributed by atoms with Crippen LogP contribution in [0.3, 0.4) is 0 Å². The summed E-state index contributed by atoms with van der Waals surface area (Å²) in [4.78, 5) is 24.5. The second-order valence-electron chi connectivity index (χ2n) is 6.21. The summed E-state index contributed by atoms with van der Waals surface area (Å²) in [5.41, 5.74) is 0. The predicted molar refractivity (Wildman–Crippen MR) is 87.0 cm³/mol. The van der Waals surface area contributed by atoms with Crippen LogP contribution in [-0.4, -0.2) is 53.0 Å². The molecule has 6 nitrogen and oxygen atoms in total. The SMILES string of the molecule is CC(=O)N1CCN(c2nccc(NC3CCCCC3)n2)CC1. The average Bonchev–Trinajstić information content (AvgIpc) is 2.56. The second kappa shape index (κ2) is 6.94. The van der Waals surface area contributed by atoms with Gasteiger partial charge in [0, 0.05) is 45.3 Å². The van der Waals surface area contributed by atoms with E-state index in [1.165, 1.54) is 32.1 Å². The smallest absolute Gasteiger partial charge is 0.227 e. The van der Waals surface area contributed by atoms with Gasteiger partial charge in [-0.3, -0.25) is 4.79 Å². The van der Waals surface area contributed by atoms with Crippen molar-refractivity contribution in [2.45, 2.75) is 45.1 Å². The van der Waals surface area contributed by atoms with Crippen LogP contribution in [0, 0.1) is 0 Å². The van der Waals surface area contributed by atoms with Crippen molar-refractivity contribution in [3.05, 3.63) is 12.3 Å². The summed E-state index contributed by atoms with van der Waals surface area (Å²) in [7, 11) is 0. The molecule has 0 aromatic carbocycles. The highest BCUT2D eigenvalue weighted by molar-refractivity contribution is 5.73. The number of carbonyl (C=O) groups excluding carboxylic acids is 1. The molecule has 22 heavy (non-hydrogen) atoms. The normalized spacial score (nSPS) is 20.0. The van der Waals surface area contributed by atoms with E-state index >= 15 is 0 Å². The Labute approximate surface area is 131 Å². The van der Waals surface area contributed by atoms with E-state index in [4.69, 9.17) is 0 Å². The van der Waals surface area contributed by atoms with E-state index in [2.05, 4.69) is 20.2 Å². The Morgan fingerprint density at radius 2 is 1.91 bits per heavy atom. The van der Waals surface area contributed by atoms with Crippen molar-refractivity contribution in [3.8, 4) is 0 Å². The monoisotopic (exact) mass is 303 g/mol. The molecule has 1 aliphatic carbocycles. The number of amides is 1. The van der Waals surface area contributed by atoms with Crippen LogP contribution in [0.2, 0.25) is 0 Å². The third-order valence-corrected chi connectivity index (χ3v) is 4.61. The number of hydrogen-bond acceptors (Lipinski definition) is 5. The molecule has 2 fully saturated rings. The van der Waals surface area contributed by atoms with Gasteiger partial charge in [-0.25, -0.2) is 4.98 Å². The Kier molecular flexibility index (Phi) is 4.75. The van der Waals surface area contributed by atoms with Crippen LogP contribution in [0.15, 0.2) is 12.3 Å². The predicted octanol–water partition coefficient (Wildman–Crippen LogP) is 1.89. The van der Waals surface area contributed by atoms with Gasteiger partial charge in [-0.15, -0.1) is 0 Å². The molecule has 0 radical (unpaired) electrons. The molecule has 2 aliphatic rings. The van der Waals surface area contributed by atoms with Crippen molar-refractivity contribution in [3.63, 3.8) is 0 Å². The van der Waals surface area contributed by atoms with Gasteiger partial charge in [-0.1, -0.05) is 19.3 Å². The first-order valence-electron chi connectivity index (χ1n) is 8.32. The minimum absolute atomic E-state index is 0.147. The van der Waals surface area contributed by atoms with Crippen molar-refractivity contribution in [2.75, 3.05) is 36.4 Å². The highest BCUT2D eigenvalue weighted by Crippen LogP contribution is 2.21. The van der Waals surface area contributed by atoms with Gasteiger partial charge >= 0.3 is 0 Å². The molecule has 120 valence electrons. The lowest BCUT2D eigenvalue weighted by Crippen LogP contribution is -2.48. The summed E-state index contributed by atoms with van der Waals surface area (Å²) in [6.45, 7) is 4.72. The number of piperazine rings is 1. The number of aromatic nitrogens is 2. The molecule has 1 aliphatic heterocycles. The van der Waals surface area contributed by atoms with E-state index in [1.54, 1.807) is 6.92 Å². The fourth-order valence-corrected chi connectivity index (χ4v) is 3.26. The van der Waals surface area contributed by atoms with E-state index in [-0.39, 0.29) is 5.91 Å². The Morgan fingerprint density at radius 1 is 1.18 bits per heavy atom. The molecule has 1 aromatic rings. The molecular formula is C16H25N5O. The molecule has 1 saturated carbocycles. The van der Waals surface area contributed by atoms with Gasteiger partial charge in [0.2, 0.25) is 11.9 Å². The molecule has 0 spiro atoms. The van der Waals surface area contributed by atoms with Gasteiger partial charge in [0.25, 0.3) is 0 Å². The fourth-order valence-electron chi connectivity index (χ4n) is 3.26. The van der Waals surface area contributed by atoms with Gasteiger partial charge < -0.3 is 15.1 Å². The van der Waals surface area contributed by atoms with Gasteiger partial charge in [0.1, 0.15) is 5.82 Å². The molecule has 1 amide bonds. The van der Waals surface area contributed by atoms with Crippen molar-refractivity contribution >= 4 is 17.7 Å². The van der Waals surface area contributed by atoms with Crippen molar-refractivity contribution in [1.29, 1.82) is 0 Å². The summed E-state index contributed by atoms with van der Waals surface area (Å²) in [6, 6.07) is 2.50. The van der Waals surface area contributed by atoms with Crippen molar-refractivity contribution in [1.82, 2.24) is 14.9 Å². The minimum Gasteiger partial charge on any atom is -0.367 e. The highest BCUT2D eigenvalue weighted by atomic mass is 16.2. The number of carbonyl (C=O) groups is 1. The average molecular weight is 303 g/mol. The molecule has 1 saturated heterocycles. The van der Waals surface area contributed by atoms with E-state index in [0.717, 1.165) is 37.9 Å². The van der Waals surface area contributed by atoms with Crippen LogP contribution in [0.5, 0.6) is 0 Å². The molecule has 2 heterocycles. The Balaban J connectivity index is 1.60. The first-order valence-corrected chi connectivity index (χ1v) is 8.32. The van der Waals surface area contributed by atoms with Gasteiger partial charge in [-0.2, -0.15) is 4.98 Å². The zero-order chi connectivity index (χ0) is 15.4. The van der Waals surface area contributed by atoms with E-state index in [9.17, 15) is 4.79 Å². The topological polar surface area (TPSA) is 61.4 Å². The van der Waals surface area contributed by atoms with Crippen LogP contribution in [0.4, 0.5) is 11.8 Å². The minimum atomic E-state index is 0.147. The molecule has 6 heteroatoms. The van der Waals surface area contributed by atoms with Gasteiger partial charge in [0.15, 0.2) is 0 Å². The Morgan fingerprint density at radius 3 is 2.59 bits per heavy atom. The van der Waals surface area contributed by atoms with Crippen molar-refractivity contribution < 1.29 is 4.79 Å². The molecule has 3 rings (SSSR count). The maximum absolute atomic E-state index is 11.4. The maximum Gasteiger partial charge on any atom is 0.227 e. The molecule has 0 atom stereocenters. The van der Waals surface area contributed by atoms with Gasteiger partial charge in [-0.05, 0) is 18.9 Å². The maximum atomic E-state index is 11.4. The lowest BCUT2D eigenvalue weighted by Gasteiger charge is -2.34. The first kappa shape index (κ1) is 15.1. The largest absolute Gasteiger partial charge is 0.367 e. The van der Waals surface area contributed by atoms with Crippen LogP contribution in [0.1, 0.15) is 39.0 Å². The van der Waals surface area contributed by atoms with E-state index in [1.807, 2.05) is 17.2 Å². The summed E-state index contributed by atoms with van der Waals surface area (Å²) < 4.78 is 0. The van der Waals surface area contributed by atoms with Crippen LogP contribution >= 0.6 is 0 Å². The van der Waals surface area contributed by atoms with E-state index < -0.39 is 0 Å². The standard InChI is InChI=1S/C16H25N5O/c1-13(22)20-9-11-21(12-10-20)16-17-8-7-15(19-16)18-14-5-3-2-4-6-14/h7-8,14H,2-6,9-12H2,1H3,(H,17,18,19). The number of nitrogens with one attached hydrogen (secondary N) is 1. The second-order valence-corrected chi connectivity index (χ2v) is 6.21. The first-order chi connectivity index (χ1) is 10.7. The number of hydrogen-bond donors (Lipinski definition) is 1. The zero-order valence-corrected chi connectivity index (χ0v) is 13.3. The Hall–Kier alpha value is -1.85. The lowest BCUT2D eigenvalue weighted by atomic mass is 9.95. The summed E-state index contributed by atoms with van der Waals surface area (Å²) in [5, 5.41) is 3.55. The lowest BCUT2D eigenvalue weighted by molar-refractivity contribution is -0.129. The zero-order valence-electron chi connectivity index (χ0n) is 13.3. The fraction of sp³-hybridized carbons (Fsp3) is 0.688. The van der Waals surface area contributed by atoms with E-state index in [0.29, 0.717) is 6.04 Å². The quantitative estimate of drug-likeness (QED) is 0.924. The molecule has 1 aromatic heterocycles. The molecular weight excluding hydrogens is 278 g/mol. The third kappa shape index (κ3) is 3.67. The summed E-state index contributed by atoms with van der Waals surface area (Å²) in [5.74, 6) is 1.84. The number of nitrogens with zero attached hydrogens (tertiary/aromatic N) is 4. The van der Waals surface area contributed by atoms with Gasteiger partial charge in [0.05, 0.1) is 0 Å².